The molecule has 0 saturated carbocycles. The molecule has 2 heterocycles. The molecule has 0 saturated heterocycles. The Hall–Kier alpha value is -5.56. The number of phenolic OH excluding ortho intramolecular Hbond substituents is 1. The number of nitrogens with zero attached hydrogens (tertiary/aromatic N) is 2. The van der Waals surface area contributed by atoms with Gasteiger partial charge in [-0.1, -0.05) is 54.6 Å². The van der Waals surface area contributed by atoms with Crippen LogP contribution in [0.3, 0.4) is 0 Å². The van der Waals surface area contributed by atoms with Gasteiger partial charge in [0.05, 0.1) is 5.56 Å². The van der Waals surface area contributed by atoms with Crippen LogP contribution in [-0.2, 0) is 11.2 Å². The van der Waals surface area contributed by atoms with E-state index in [1.54, 1.807) is 36.4 Å². The lowest BCUT2D eigenvalue weighted by Gasteiger charge is -2.16. The largest absolute Gasteiger partial charge is 0.506 e. The highest BCUT2D eigenvalue weighted by Gasteiger charge is 2.37. The first kappa shape index (κ1) is 27.0. The molecule has 1 N–H and O–H groups in total. The van der Waals surface area contributed by atoms with E-state index in [0.29, 0.717) is 23.4 Å². The van der Waals surface area contributed by atoms with Crippen molar-refractivity contribution in [3.05, 3.63) is 143 Å². The SMILES string of the molecule is Cc1cc(O)c2nc(Oc3cc(C4=N[C@H]5c6ccccc6-c6ccccc6C[C@H]5O4)cc(-c4c(F)cccc4F)c3)ccc2c1. The average Bonchev–Trinajstić information content (AvgIpc) is 3.40. The highest BCUT2D eigenvalue weighted by Crippen LogP contribution is 2.44. The van der Waals surface area contributed by atoms with Crippen molar-refractivity contribution in [2.24, 2.45) is 4.99 Å². The zero-order chi connectivity index (χ0) is 30.7. The molecule has 0 radical (unpaired) electrons. The summed E-state index contributed by atoms with van der Waals surface area (Å²) in [5.74, 6) is -0.509. The lowest BCUT2D eigenvalue weighted by Crippen LogP contribution is -2.19. The fourth-order valence-corrected chi connectivity index (χ4v) is 6.41. The lowest BCUT2D eigenvalue weighted by molar-refractivity contribution is 0.194. The van der Waals surface area contributed by atoms with E-state index in [-0.39, 0.29) is 40.7 Å². The van der Waals surface area contributed by atoms with Crippen LogP contribution >= 0.6 is 0 Å². The third-order valence-corrected chi connectivity index (χ3v) is 8.40. The Bertz CT molecular complexity index is 2160. The number of benzene rings is 5. The Kier molecular flexibility index (Phi) is 6.34. The zero-order valence-electron chi connectivity index (χ0n) is 24.2. The number of rotatable bonds is 4. The highest BCUT2D eigenvalue weighted by molar-refractivity contribution is 5.98. The molecule has 5 nitrogen and oxygen atoms in total. The molecule has 0 fully saturated rings. The Balaban J connectivity index is 1.24. The number of aromatic hydroxyl groups is 1. The Labute approximate surface area is 258 Å². The quantitative estimate of drug-likeness (QED) is 0.221. The molecule has 6 aromatic rings. The molecule has 45 heavy (non-hydrogen) atoms. The van der Waals surface area contributed by atoms with Crippen LogP contribution in [0.4, 0.5) is 8.78 Å². The standard InChI is InChI=1S/C38H26F2N2O3/c1-21-15-23-13-14-34(41-36(23)32(43)16-21)44-26-18-24(35-30(39)11-6-12-31(35)40)17-25(19-26)38-42-37-29-10-5-4-9-28(29)27-8-3-2-7-22(27)20-33(37)45-38/h2-19,33,37,43H,20H2,1H3/t33-,37+/m1/s1. The van der Waals surface area contributed by atoms with Gasteiger partial charge in [-0.2, -0.15) is 0 Å². The molecule has 2 atom stereocenters. The van der Waals surface area contributed by atoms with Gasteiger partial charge < -0.3 is 14.6 Å². The topological polar surface area (TPSA) is 63.9 Å². The first-order valence-electron chi connectivity index (χ1n) is 14.7. The van der Waals surface area contributed by atoms with E-state index in [1.165, 1.54) is 29.3 Å². The minimum atomic E-state index is -0.702. The second-order valence-corrected chi connectivity index (χ2v) is 11.4. The Morgan fingerprint density at radius 1 is 0.800 bits per heavy atom. The molecule has 0 bridgehead atoms. The molecule has 8 rings (SSSR count). The smallest absolute Gasteiger partial charge is 0.219 e. The summed E-state index contributed by atoms with van der Waals surface area (Å²) >= 11 is 0. The fraction of sp³-hybridized carbons (Fsp3) is 0.105. The summed E-state index contributed by atoms with van der Waals surface area (Å²) < 4.78 is 42.9. The Morgan fingerprint density at radius 2 is 1.56 bits per heavy atom. The third-order valence-electron chi connectivity index (χ3n) is 8.40. The zero-order valence-corrected chi connectivity index (χ0v) is 24.2. The van der Waals surface area contributed by atoms with E-state index in [4.69, 9.17) is 14.5 Å². The van der Waals surface area contributed by atoms with Crippen molar-refractivity contribution >= 4 is 16.8 Å². The van der Waals surface area contributed by atoms with Crippen LogP contribution in [0.15, 0.2) is 114 Å². The second kappa shape index (κ2) is 10.6. The number of hydrogen-bond donors (Lipinski definition) is 1. The number of phenols is 1. The maximum absolute atomic E-state index is 15.1. The van der Waals surface area contributed by atoms with Crippen molar-refractivity contribution < 1.29 is 23.4 Å². The van der Waals surface area contributed by atoms with Crippen LogP contribution in [0, 0.1) is 18.6 Å². The maximum Gasteiger partial charge on any atom is 0.219 e. The van der Waals surface area contributed by atoms with Gasteiger partial charge in [0.2, 0.25) is 11.8 Å². The molecule has 7 heteroatoms. The number of fused-ring (bicyclic) bond motifs is 6. The van der Waals surface area contributed by atoms with E-state index < -0.39 is 11.6 Å². The van der Waals surface area contributed by atoms with Crippen LogP contribution in [0.25, 0.3) is 33.2 Å². The number of ether oxygens (including phenoxy) is 2. The van der Waals surface area contributed by atoms with Gasteiger partial charge in [-0.3, -0.25) is 0 Å². The van der Waals surface area contributed by atoms with Crippen LogP contribution in [0.2, 0.25) is 0 Å². The molecule has 0 unspecified atom stereocenters. The van der Waals surface area contributed by atoms with Gasteiger partial charge in [0.15, 0.2) is 0 Å². The van der Waals surface area contributed by atoms with Gasteiger partial charge in [0.1, 0.15) is 40.8 Å². The molecule has 1 aliphatic carbocycles. The summed E-state index contributed by atoms with van der Waals surface area (Å²) in [6, 6.07) is 32.0. The summed E-state index contributed by atoms with van der Waals surface area (Å²) in [5, 5.41) is 11.3. The van der Waals surface area contributed by atoms with Crippen LogP contribution in [-0.4, -0.2) is 22.1 Å². The van der Waals surface area contributed by atoms with Crippen molar-refractivity contribution in [2.45, 2.75) is 25.5 Å². The van der Waals surface area contributed by atoms with E-state index in [1.807, 2.05) is 37.3 Å². The molecule has 0 amide bonds. The van der Waals surface area contributed by atoms with Gasteiger partial charge in [-0.25, -0.2) is 18.8 Å². The summed E-state index contributed by atoms with van der Waals surface area (Å²) in [4.78, 5) is 9.57. The first-order chi connectivity index (χ1) is 21.9. The average molecular weight is 597 g/mol. The van der Waals surface area contributed by atoms with Gasteiger partial charge in [0.25, 0.3) is 0 Å². The van der Waals surface area contributed by atoms with Crippen LogP contribution in [0.5, 0.6) is 17.4 Å². The van der Waals surface area contributed by atoms with E-state index >= 15 is 8.78 Å². The molecule has 1 aromatic heterocycles. The number of aromatic nitrogens is 1. The highest BCUT2D eigenvalue weighted by atomic mass is 19.1. The summed E-state index contributed by atoms with van der Waals surface area (Å²) in [6.45, 7) is 1.89. The van der Waals surface area contributed by atoms with E-state index in [0.717, 1.165) is 22.1 Å². The molecule has 220 valence electrons. The summed E-state index contributed by atoms with van der Waals surface area (Å²) in [5.41, 5.74) is 6.39. The van der Waals surface area contributed by atoms with Gasteiger partial charge in [-0.15, -0.1) is 0 Å². The molecule has 2 aliphatic rings. The monoisotopic (exact) mass is 596 g/mol. The summed E-state index contributed by atoms with van der Waals surface area (Å²) in [6.07, 6.45) is 0.383. The summed E-state index contributed by atoms with van der Waals surface area (Å²) in [7, 11) is 0. The van der Waals surface area contributed by atoms with Gasteiger partial charge in [-0.05, 0) is 88.8 Å². The van der Waals surface area contributed by atoms with Crippen molar-refractivity contribution in [3.63, 3.8) is 0 Å². The fourth-order valence-electron chi connectivity index (χ4n) is 6.41. The van der Waals surface area contributed by atoms with E-state index in [9.17, 15) is 5.11 Å². The molecule has 5 aromatic carbocycles. The molecular formula is C38H26F2N2O3. The number of pyridine rings is 1. The first-order valence-corrected chi connectivity index (χ1v) is 14.7. The van der Waals surface area contributed by atoms with Crippen molar-refractivity contribution in [1.29, 1.82) is 0 Å². The molecule has 1 aliphatic heterocycles. The number of halogens is 2. The minimum absolute atomic E-state index is 0.0346. The van der Waals surface area contributed by atoms with Crippen LogP contribution < -0.4 is 4.74 Å². The van der Waals surface area contributed by atoms with E-state index in [2.05, 4.69) is 29.2 Å². The predicted octanol–water partition coefficient (Wildman–Crippen LogP) is 9.10. The van der Waals surface area contributed by atoms with Crippen LogP contribution in [0.1, 0.15) is 28.3 Å². The lowest BCUT2D eigenvalue weighted by atomic mass is 9.95. The van der Waals surface area contributed by atoms with Gasteiger partial charge >= 0.3 is 0 Å². The number of hydrogen-bond acceptors (Lipinski definition) is 5. The molecular weight excluding hydrogens is 570 g/mol. The van der Waals surface area contributed by atoms with Crippen molar-refractivity contribution in [2.75, 3.05) is 0 Å². The Morgan fingerprint density at radius 3 is 2.40 bits per heavy atom. The van der Waals surface area contributed by atoms with Crippen molar-refractivity contribution in [3.8, 4) is 39.6 Å². The van der Waals surface area contributed by atoms with Gasteiger partial charge in [0, 0.05) is 23.4 Å². The van der Waals surface area contributed by atoms with Crippen molar-refractivity contribution in [1.82, 2.24) is 4.98 Å². The number of aliphatic imine (C=N–C) groups is 1. The normalized spacial score (nSPS) is 16.6. The second-order valence-electron chi connectivity index (χ2n) is 11.4. The minimum Gasteiger partial charge on any atom is -0.506 e. The molecule has 0 spiro atoms. The number of aryl methyl sites for hydroxylation is 1. The maximum atomic E-state index is 15.1. The predicted molar refractivity (Wildman–Crippen MR) is 170 cm³/mol. The third kappa shape index (κ3) is 4.77.